The molecule has 2 aromatic rings. The van der Waals surface area contributed by atoms with Gasteiger partial charge in [-0.3, -0.25) is 4.79 Å². The molecule has 0 spiro atoms. The molecule has 0 aliphatic rings. The number of hydrogen-bond acceptors (Lipinski definition) is 4. The van der Waals surface area contributed by atoms with Gasteiger partial charge in [-0.25, -0.2) is 4.98 Å². The second kappa shape index (κ2) is 7.33. The summed E-state index contributed by atoms with van der Waals surface area (Å²) in [4.78, 5) is 15.9. The fourth-order valence-corrected chi connectivity index (χ4v) is 1.49. The molecule has 0 fully saturated rings. The van der Waals surface area contributed by atoms with Crippen molar-refractivity contribution in [3.05, 3.63) is 24.1 Å². The molecule has 1 unspecified atom stereocenters. The van der Waals surface area contributed by atoms with Gasteiger partial charge >= 0.3 is 0 Å². The molecule has 1 aromatic heterocycles. The molecule has 3 N–H and O–H groups in total. The molecule has 7 heteroatoms. The number of aromatic nitrogens is 1. The largest absolute Gasteiger partial charge is 0.441 e. The van der Waals surface area contributed by atoms with E-state index in [1.807, 2.05) is 0 Å². The zero-order valence-corrected chi connectivity index (χ0v) is 12.3. The Balaban J connectivity index is 0.00000162. The summed E-state index contributed by atoms with van der Waals surface area (Å²) in [6.07, 6.45) is 0. The Hall–Kier alpha value is -1.30. The molecule has 0 aliphatic heterocycles. The number of fused-ring (bicyclic) bond motifs is 1. The minimum absolute atomic E-state index is 0. The number of anilines is 1. The Labute approximate surface area is 123 Å². The number of nitrogens with one attached hydrogen (secondary N) is 1. The number of hydrogen-bond donors (Lipinski definition) is 2. The average Bonchev–Trinajstić information content (AvgIpc) is 2.67. The van der Waals surface area contributed by atoms with Crippen molar-refractivity contribution in [1.29, 1.82) is 0 Å². The maximum atomic E-state index is 11.6. The summed E-state index contributed by atoms with van der Waals surface area (Å²) in [6.45, 7) is 3.90. The lowest BCUT2D eigenvalue weighted by Crippen LogP contribution is -2.26. The topological polar surface area (TPSA) is 81.2 Å². The molecule has 19 heavy (non-hydrogen) atoms. The second-order valence-electron chi connectivity index (χ2n) is 4.04. The standard InChI is InChI=1S/C12H15N3O2.2ClH/c1-7(6-13)12(16)15-9-3-4-11-10(5-9)14-8(2)17-11;;/h3-5,7H,6,13H2,1-2H3,(H,15,16);2*1H. The lowest BCUT2D eigenvalue weighted by molar-refractivity contribution is -0.119. The van der Waals surface area contributed by atoms with Crippen LogP contribution in [0, 0.1) is 12.8 Å². The number of benzene rings is 1. The number of halogens is 2. The van der Waals surface area contributed by atoms with Gasteiger partial charge in [-0.05, 0) is 18.2 Å². The van der Waals surface area contributed by atoms with Gasteiger partial charge in [0.25, 0.3) is 0 Å². The summed E-state index contributed by atoms with van der Waals surface area (Å²) in [5.74, 6) is 0.315. The highest BCUT2D eigenvalue weighted by Crippen LogP contribution is 2.19. The summed E-state index contributed by atoms with van der Waals surface area (Å²) < 4.78 is 5.35. The van der Waals surface area contributed by atoms with Crippen LogP contribution in [-0.2, 0) is 4.79 Å². The average molecular weight is 306 g/mol. The Morgan fingerprint density at radius 3 is 2.79 bits per heavy atom. The van der Waals surface area contributed by atoms with Crippen LogP contribution in [0.15, 0.2) is 22.6 Å². The van der Waals surface area contributed by atoms with E-state index < -0.39 is 0 Å². The molecule has 2 rings (SSSR count). The SMILES string of the molecule is Cc1nc2cc(NC(=O)C(C)CN)ccc2o1.Cl.Cl. The van der Waals surface area contributed by atoms with E-state index in [2.05, 4.69) is 10.3 Å². The first-order chi connectivity index (χ1) is 8.10. The van der Waals surface area contributed by atoms with Crippen LogP contribution < -0.4 is 11.1 Å². The zero-order chi connectivity index (χ0) is 12.4. The van der Waals surface area contributed by atoms with Crippen LogP contribution in [0.2, 0.25) is 0 Å². The van der Waals surface area contributed by atoms with E-state index >= 15 is 0 Å². The van der Waals surface area contributed by atoms with E-state index in [4.69, 9.17) is 10.2 Å². The maximum absolute atomic E-state index is 11.6. The van der Waals surface area contributed by atoms with Gasteiger partial charge in [0.1, 0.15) is 5.52 Å². The molecular formula is C12H17Cl2N3O2. The van der Waals surface area contributed by atoms with Crippen molar-refractivity contribution >= 4 is 47.5 Å². The van der Waals surface area contributed by atoms with Crippen LogP contribution >= 0.6 is 24.8 Å². The molecule has 5 nitrogen and oxygen atoms in total. The van der Waals surface area contributed by atoms with Crippen LogP contribution in [0.25, 0.3) is 11.1 Å². The summed E-state index contributed by atoms with van der Waals surface area (Å²) in [6, 6.07) is 5.36. The van der Waals surface area contributed by atoms with Crippen LogP contribution in [0.3, 0.4) is 0 Å². The van der Waals surface area contributed by atoms with Crippen molar-refractivity contribution in [3.63, 3.8) is 0 Å². The Morgan fingerprint density at radius 2 is 2.16 bits per heavy atom. The highest BCUT2D eigenvalue weighted by molar-refractivity contribution is 5.94. The molecule has 1 aromatic carbocycles. The van der Waals surface area contributed by atoms with Gasteiger partial charge in [0.2, 0.25) is 5.91 Å². The number of nitrogens with two attached hydrogens (primary N) is 1. The molecule has 0 bridgehead atoms. The molecule has 1 atom stereocenters. The monoisotopic (exact) mass is 305 g/mol. The van der Waals surface area contributed by atoms with E-state index in [-0.39, 0.29) is 36.6 Å². The first-order valence-electron chi connectivity index (χ1n) is 5.48. The Kier molecular flexibility index (Phi) is 6.83. The Bertz CT molecular complexity index is 557. The molecule has 1 heterocycles. The van der Waals surface area contributed by atoms with Crippen molar-refractivity contribution in [2.75, 3.05) is 11.9 Å². The summed E-state index contributed by atoms with van der Waals surface area (Å²) in [5, 5.41) is 2.79. The fourth-order valence-electron chi connectivity index (χ4n) is 1.49. The van der Waals surface area contributed by atoms with Gasteiger partial charge in [-0.15, -0.1) is 24.8 Å². The smallest absolute Gasteiger partial charge is 0.228 e. The minimum atomic E-state index is -0.204. The van der Waals surface area contributed by atoms with E-state index in [1.54, 1.807) is 32.0 Å². The van der Waals surface area contributed by atoms with E-state index in [1.165, 1.54) is 0 Å². The first-order valence-corrected chi connectivity index (χ1v) is 5.48. The van der Waals surface area contributed by atoms with Crippen molar-refractivity contribution in [2.45, 2.75) is 13.8 Å². The number of aryl methyl sites for hydroxylation is 1. The number of amides is 1. The lowest BCUT2D eigenvalue weighted by atomic mass is 10.1. The number of carbonyl (C=O) groups excluding carboxylic acids is 1. The van der Waals surface area contributed by atoms with Gasteiger partial charge in [-0.2, -0.15) is 0 Å². The normalized spacial score (nSPS) is 11.3. The van der Waals surface area contributed by atoms with Crippen LogP contribution in [0.4, 0.5) is 5.69 Å². The predicted octanol–water partition coefficient (Wildman–Crippen LogP) is 2.51. The number of nitrogens with zero attached hydrogens (tertiary/aromatic N) is 1. The van der Waals surface area contributed by atoms with Crippen molar-refractivity contribution in [3.8, 4) is 0 Å². The van der Waals surface area contributed by atoms with Crippen molar-refractivity contribution < 1.29 is 9.21 Å². The van der Waals surface area contributed by atoms with Crippen molar-refractivity contribution in [2.24, 2.45) is 11.7 Å². The van der Waals surface area contributed by atoms with E-state index in [0.717, 1.165) is 5.52 Å². The lowest BCUT2D eigenvalue weighted by Gasteiger charge is -2.09. The number of carbonyl (C=O) groups is 1. The van der Waals surface area contributed by atoms with Crippen LogP contribution in [-0.4, -0.2) is 17.4 Å². The summed E-state index contributed by atoms with van der Waals surface area (Å²) in [5.41, 5.74) is 7.59. The molecule has 0 saturated heterocycles. The molecule has 0 aliphatic carbocycles. The highest BCUT2D eigenvalue weighted by Gasteiger charge is 2.11. The first kappa shape index (κ1) is 17.7. The minimum Gasteiger partial charge on any atom is -0.441 e. The van der Waals surface area contributed by atoms with Gasteiger partial charge in [-0.1, -0.05) is 6.92 Å². The van der Waals surface area contributed by atoms with E-state index in [0.29, 0.717) is 23.7 Å². The highest BCUT2D eigenvalue weighted by atomic mass is 35.5. The third-order valence-corrected chi connectivity index (χ3v) is 2.56. The van der Waals surface area contributed by atoms with E-state index in [9.17, 15) is 4.79 Å². The van der Waals surface area contributed by atoms with Gasteiger partial charge < -0.3 is 15.5 Å². The molecular weight excluding hydrogens is 289 g/mol. The maximum Gasteiger partial charge on any atom is 0.228 e. The second-order valence-corrected chi connectivity index (χ2v) is 4.04. The number of rotatable bonds is 3. The van der Waals surface area contributed by atoms with Gasteiger partial charge in [0.15, 0.2) is 11.5 Å². The van der Waals surface area contributed by atoms with Gasteiger partial charge in [0, 0.05) is 25.1 Å². The molecule has 0 saturated carbocycles. The third kappa shape index (κ3) is 4.09. The van der Waals surface area contributed by atoms with Crippen molar-refractivity contribution in [1.82, 2.24) is 4.98 Å². The van der Waals surface area contributed by atoms with Crippen LogP contribution in [0.5, 0.6) is 0 Å². The fraction of sp³-hybridized carbons (Fsp3) is 0.333. The predicted molar refractivity (Wildman–Crippen MR) is 80.1 cm³/mol. The summed E-state index contributed by atoms with van der Waals surface area (Å²) in [7, 11) is 0. The number of oxazole rings is 1. The van der Waals surface area contributed by atoms with Gasteiger partial charge in [0.05, 0.1) is 0 Å². The summed E-state index contributed by atoms with van der Waals surface area (Å²) >= 11 is 0. The quantitative estimate of drug-likeness (QED) is 0.913. The molecule has 0 radical (unpaired) electrons. The molecule has 106 valence electrons. The Morgan fingerprint density at radius 1 is 1.47 bits per heavy atom. The molecule has 1 amide bonds. The van der Waals surface area contributed by atoms with Crippen LogP contribution in [0.1, 0.15) is 12.8 Å². The third-order valence-electron chi connectivity index (χ3n) is 2.56. The zero-order valence-electron chi connectivity index (χ0n) is 10.7.